The Kier molecular flexibility index (Phi) is 7.48. The molecule has 0 saturated heterocycles. The quantitative estimate of drug-likeness (QED) is 0.363. The lowest BCUT2D eigenvalue weighted by Crippen LogP contribution is -2.41. The lowest BCUT2D eigenvalue weighted by atomic mass is 9.91. The van der Waals surface area contributed by atoms with Gasteiger partial charge in [0.2, 0.25) is 6.04 Å². The predicted octanol–water partition coefficient (Wildman–Crippen LogP) is 5.53. The first-order valence-corrected chi connectivity index (χ1v) is 13.1. The molecule has 0 unspecified atom stereocenters. The van der Waals surface area contributed by atoms with E-state index in [4.69, 9.17) is 6.57 Å². The van der Waals surface area contributed by atoms with E-state index < -0.39 is 33.5 Å². The van der Waals surface area contributed by atoms with Gasteiger partial charge in [-0.3, -0.25) is 9.48 Å². The Morgan fingerprint density at radius 1 is 1.22 bits per heavy atom. The summed E-state index contributed by atoms with van der Waals surface area (Å²) in [6.45, 7) is 12.4. The summed E-state index contributed by atoms with van der Waals surface area (Å²) < 4.78 is 57.3. The largest absolute Gasteiger partial charge is 0.408 e. The maximum Gasteiger partial charge on any atom is 0.408 e. The smallest absolute Gasteiger partial charge is 0.338 e. The van der Waals surface area contributed by atoms with Gasteiger partial charge < -0.3 is 15.1 Å². The van der Waals surface area contributed by atoms with Crippen LogP contribution >= 0.6 is 0 Å². The third kappa shape index (κ3) is 5.72. The number of aromatic nitrogens is 3. The molecule has 4 atom stereocenters. The molecular formula is C25H29F3N6O2S. The Bertz CT molecular complexity index is 1400. The van der Waals surface area contributed by atoms with Gasteiger partial charge in [-0.05, 0) is 57.4 Å². The average Bonchev–Trinajstić information content (AvgIpc) is 3.20. The van der Waals surface area contributed by atoms with Gasteiger partial charge in [0.25, 0.3) is 5.56 Å². The van der Waals surface area contributed by atoms with E-state index >= 15 is 0 Å². The SMILES string of the molecule is [C-]#[N+][C@H]1CCCC[C@@H]1n1nc(Nc2cccc([C@H](N[S@](=O)C(C)(C)C)C(F)(F)F)c2)c2c(=O)[nH]ccc21. The van der Waals surface area contributed by atoms with E-state index in [1.807, 2.05) is 0 Å². The summed E-state index contributed by atoms with van der Waals surface area (Å²) >= 11 is 0. The number of hydrogen-bond donors (Lipinski definition) is 3. The molecule has 3 N–H and O–H groups in total. The van der Waals surface area contributed by atoms with Gasteiger partial charge in [0.05, 0.1) is 21.2 Å². The van der Waals surface area contributed by atoms with Gasteiger partial charge in [-0.25, -0.2) is 15.5 Å². The second kappa shape index (κ2) is 10.3. The van der Waals surface area contributed by atoms with E-state index in [0.717, 1.165) is 25.7 Å². The van der Waals surface area contributed by atoms with E-state index in [-0.39, 0.29) is 34.5 Å². The maximum absolute atomic E-state index is 14.0. The number of pyridine rings is 1. The number of fused-ring (bicyclic) bond motifs is 1. The zero-order valence-electron chi connectivity index (χ0n) is 20.7. The Balaban J connectivity index is 1.72. The van der Waals surface area contributed by atoms with E-state index in [1.54, 1.807) is 37.6 Å². The highest BCUT2D eigenvalue weighted by atomic mass is 32.2. The van der Waals surface area contributed by atoms with Gasteiger partial charge in [0.15, 0.2) is 5.82 Å². The molecule has 0 radical (unpaired) electrons. The molecule has 8 nitrogen and oxygen atoms in total. The molecule has 2 aromatic heterocycles. The zero-order chi connectivity index (χ0) is 27.0. The maximum atomic E-state index is 14.0. The molecule has 1 fully saturated rings. The predicted molar refractivity (Wildman–Crippen MR) is 138 cm³/mol. The number of nitrogens with zero attached hydrogens (tertiary/aromatic N) is 3. The number of alkyl halides is 3. The molecule has 0 spiro atoms. The number of hydrogen-bond acceptors (Lipinski definition) is 4. The first-order chi connectivity index (χ1) is 17.4. The van der Waals surface area contributed by atoms with E-state index in [1.165, 1.54) is 24.4 Å². The highest BCUT2D eigenvalue weighted by Gasteiger charge is 2.43. The monoisotopic (exact) mass is 534 g/mol. The van der Waals surface area contributed by atoms with Crippen molar-refractivity contribution >= 4 is 33.4 Å². The molecule has 0 bridgehead atoms. The molecule has 3 aromatic rings. The number of H-pyrrole nitrogens is 1. The van der Waals surface area contributed by atoms with Crippen LogP contribution in [0, 0.1) is 6.57 Å². The molecule has 1 aliphatic carbocycles. The first kappa shape index (κ1) is 26.9. The molecule has 1 saturated carbocycles. The first-order valence-electron chi connectivity index (χ1n) is 12.0. The van der Waals surface area contributed by atoms with Crippen molar-refractivity contribution in [3.8, 4) is 0 Å². The lowest BCUT2D eigenvalue weighted by Gasteiger charge is -2.26. The van der Waals surface area contributed by atoms with Gasteiger partial charge in [-0.1, -0.05) is 18.6 Å². The standard InChI is InChI=1S/C25H29F3N6O2S/c1-24(2,3)37(36)33-21(25(26,27)28)15-8-7-9-16(14-15)31-22-20-19(12-13-30-23(20)35)34(32-22)18-11-6-5-10-17(18)29-4/h7-9,12-14,17-18,21,33H,5-6,10-11H2,1-3H3,(H,30,35)(H,31,32)/t17-,18-,21-,37+/m0/s1. The molecule has 0 aliphatic heterocycles. The van der Waals surface area contributed by atoms with Crippen molar-refractivity contribution in [1.29, 1.82) is 0 Å². The van der Waals surface area contributed by atoms with Crippen molar-refractivity contribution in [1.82, 2.24) is 19.5 Å². The highest BCUT2D eigenvalue weighted by molar-refractivity contribution is 7.84. The fraction of sp³-hybridized carbons (Fsp3) is 0.480. The van der Waals surface area contributed by atoms with Crippen LogP contribution < -0.4 is 15.6 Å². The van der Waals surface area contributed by atoms with E-state index in [0.29, 0.717) is 5.52 Å². The Morgan fingerprint density at radius 3 is 2.62 bits per heavy atom. The van der Waals surface area contributed by atoms with Crippen LogP contribution in [-0.2, 0) is 11.0 Å². The summed E-state index contributed by atoms with van der Waals surface area (Å²) in [7, 11) is -1.96. The van der Waals surface area contributed by atoms with Gasteiger partial charge in [-0.2, -0.15) is 18.3 Å². The number of rotatable bonds is 6. The van der Waals surface area contributed by atoms with Gasteiger partial charge in [-0.15, -0.1) is 0 Å². The minimum absolute atomic E-state index is 0.131. The van der Waals surface area contributed by atoms with Crippen molar-refractivity contribution in [2.75, 3.05) is 5.32 Å². The molecule has 0 amide bonds. The molecule has 2 heterocycles. The van der Waals surface area contributed by atoms with Crippen LogP contribution in [0.15, 0.2) is 41.3 Å². The van der Waals surface area contributed by atoms with E-state index in [2.05, 4.69) is 25.0 Å². The van der Waals surface area contributed by atoms with Crippen LogP contribution in [0.1, 0.15) is 64.1 Å². The van der Waals surface area contributed by atoms with E-state index in [9.17, 15) is 22.2 Å². The van der Waals surface area contributed by atoms with Crippen LogP contribution in [-0.4, -0.2) is 35.9 Å². The molecule has 1 aromatic carbocycles. The lowest BCUT2D eigenvalue weighted by molar-refractivity contribution is -0.152. The number of anilines is 2. The van der Waals surface area contributed by atoms with Crippen molar-refractivity contribution in [3.63, 3.8) is 0 Å². The second-order valence-electron chi connectivity index (χ2n) is 10.1. The summed E-state index contributed by atoms with van der Waals surface area (Å²) in [5, 5.41) is 7.90. The van der Waals surface area contributed by atoms with Crippen molar-refractivity contribution in [3.05, 3.63) is 63.9 Å². The minimum Gasteiger partial charge on any atom is -0.338 e. The summed E-state index contributed by atoms with van der Waals surface area (Å²) in [5.41, 5.74) is 0.315. The van der Waals surface area contributed by atoms with Crippen LogP contribution in [0.25, 0.3) is 15.7 Å². The normalized spacial score (nSPS) is 20.4. The Labute approximate surface area is 215 Å². The van der Waals surface area contributed by atoms with Crippen molar-refractivity contribution < 1.29 is 17.4 Å². The molecule has 1 aliphatic rings. The number of aromatic amines is 1. The van der Waals surface area contributed by atoms with Crippen LogP contribution in [0.3, 0.4) is 0 Å². The average molecular weight is 535 g/mol. The van der Waals surface area contributed by atoms with Gasteiger partial charge in [0, 0.05) is 18.3 Å². The summed E-state index contributed by atoms with van der Waals surface area (Å²) in [4.78, 5) is 19.1. The Hall–Kier alpha value is -3.17. The van der Waals surface area contributed by atoms with Crippen molar-refractivity contribution in [2.45, 2.75) is 75.5 Å². The molecule has 37 heavy (non-hydrogen) atoms. The number of halogens is 3. The van der Waals surface area contributed by atoms with Crippen molar-refractivity contribution in [2.24, 2.45) is 0 Å². The third-order valence-electron chi connectivity index (χ3n) is 6.40. The number of nitrogens with one attached hydrogen (secondary N) is 3. The zero-order valence-corrected chi connectivity index (χ0v) is 21.5. The van der Waals surface area contributed by atoms with Gasteiger partial charge in [0.1, 0.15) is 17.5 Å². The fourth-order valence-electron chi connectivity index (χ4n) is 4.51. The van der Waals surface area contributed by atoms with Crippen LogP contribution in [0.2, 0.25) is 0 Å². The molecule has 198 valence electrons. The number of benzene rings is 1. The molecule has 12 heteroatoms. The fourth-order valence-corrected chi connectivity index (χ4v) is 5.35. The molecular weight excluding hydrogens is 505 g/mol. The minimum atomic E-state index is -4.69. The summed E-state index contributed by atoms with van der Waals surface area (Å²) in [6, 6.07) is 4.72. The van der Waals surface area contributed by atoms with Crippen LogP contribution in [0.5, 0.6) is 0 Å². The van der Waals surface area contributed by atoms with Gasteiger partial charge >= 0.3 is 6.18 Å². The second-order valence-corrected chi connectivity index (χ2v) is 12.1. The summed E-state index contributed by atoms with van der Waals surface area (Å²) in [5.74, 6) is 0.193. The third-order valence-corrected chi connectivity index (χ3v) is 7.96. The summed E-state index contributed by atoms with van der Waals surface area (Å²) in [6.07, 6.45) is 0.197. The molecule has 4 rings (SSSR count). The van der Waals surface area contributed by atoms with Crippen LogP contribution in [0.4, 0.5) is 24.7 Å². The topological polar surface area (TPSA) is 96.2 Å². The Morgan fingerprint density at radius 2 is 1.95 bits per heavy atom. The highest BCUT2D eigenvalue weighted by Crippen LogP contribution is 2.37.